The predicted molar refractivity (Wildman–Crippen MR) is 144 cm³/mol. The van der Waals surface area contributed by atoms with Gasteiger partial charge in [-0.1, -0.05) is 73.7 Å². The molecule has 1 amide bonds. The van der Waals surface area contributed by atoms with Gasteiger partial charge >= 0.3 is 0 Å². The second-order valence-electron chi connectivity index (χ2n) is 8.32. The van der Waals surface area contributed by atoms with Gasteiger partial charge in [-0.3, -0.25) is 18.9 Å². The zero-order valence-electron chi connectivity index (χ0n) is 19.7. The number of thiocarbonyl (C=S) groups is 1. The fourth-order valence-electron chi connectivity index (χ4n) is 3.97. The van der Waals surface area contributed by atoms with Crippen LogP contribution in [0.2, 0.25) is 0 Å². The van der Waals surface area contributed by atoms with Crippen molar-refractivity contribution in [3.63, 3.8) is 0 Å². The minimum absolute atomic E-state index is 0.184. The van der Waals surface area contributed by atoms with Crippen molar-refractivity contribution in [2.45, 2.75) is 40.2 Å². The molecule has 0 aliphatic carbocycles. The third-order valence-electron chi connectivity index (χ3n) is 5.65. The minimum Gasteiger partial charge on any atom is -0.356 e. The predicted octanol–water partition coefficient (Wildman–Crippen LogP) is 5.03. The van der Waals surface area contributed by atoms with Crippen molar-refractivity contribution in [1.29, 1.82) is 0 Å². The Bertz CT molecular complexity index is 1310. The molecular formula is C26H28N4O2S2. The summed E-state index contributed by atoms with van der Waals surface area (Å²) in [5.41, 5.74) is 2.98. The molecule has 4 rings (SSSR count). The molecule has 34 heavy (non-hydrogen) atoms. The Morgan fingerprint density at radius 1 is 1.06 bits per heavy atom. The van der Waals surface area contributed by atoms with E-state index < -0.39 is 0 Å². The van der Waals surface area contributed by atoms with Crippen LogP contribution in [0.15, 0.2) is 58.4 Å². The van der Waals surface area contributed by atoms with E-state index in [1.165, 1.54) is 16.2 Å². The number of hydrogen-bond acceptors (Lipinski definition) is 6. The van der Waals surface area contributed by atoms with E-state index in [1.807, 2.05) is 43.3 Å². The van der Waals surface area contributed by atoms with Crippen LogP contribution in [-0.4, -0.2) is 37.6 Å². The maximum absolute atomic E-state index is 13.5. The van der Waals surface area contributed by atoms with Crippen molar-refractivity contribution < 1.29 is 4.79 Å². The normalized spacial score (nSPS) is 15.0. The molecular weight excluding hydrogens is 464 g/mol. The molecule has 1 aromatic carbocycles. The number of aromatic nitrogens is 2. The Morgan fingerprint density at radius 2 is 1.76 bits per heavy atom. The number of carbonyl (C=O) groups is 1. The van der Waals surface area contributed by atoms with Crippen molar-refractivity contribution in [1.82, 2.24) is 14.3 Å². The number of thioether (sulfide) groups is 1. The molecule has 2 aromatic heterocycles. The Kier molecular flexibility index (Phi) is 7.48. The average Bonchev–Trinajstić information content (AvgIpc) is 3.09. The highest BCUT2D eigenvalue weighted by Crippen LogP contribution is 2.34. The SMILES string of the molecule is CCCN(CCC)c1nc2ccccn2c(=O)c1/C=C1\SC(=S)N(Cc2ccc(C)cc2)C1=O. The molecule has 0 saturated carbocycles. The molecule has 0 bridgehead atoms. The Labute approximate surface area is 209 Å². The van der Waals surface area contributed by atoms with E-state index in [0.29, 0.717) is 32.8 Å². The summed E-state index contributed by atoms with van der Waals surface area (Å²) < 4.78 is 2.02. The van der Waals surface area contributed by atoms with Gasteiger partial charge in [0.2, 0.25) is 0 Å². The molecule has 1 aliphatic heterocycles. The molecule has 0 spiro atoms. The number of benzene rings is 1. The van der Waals surface area contributed by atoms with Gasteiger partial charge in [-0.2, -0.15) is 0 Å². The number of rotatable bonds is 8. The standard InChI is InChI=1S/C26H28N4O2S2/c1-4-13-28(14-5-2)23-20(24(31)29-15-7-6-8-22(29)27-23)16-21-25(32)30(26(33)34-21)17-19-11-9-18(3)10-12-19/h6-12,15-16H,4-5,13-14,17H2,1-3H3/b21-16-. The largest absolute Gasteiger partial charge is 0.356 e. The number of fused-ring (bicyclic) bond motifs is 1. The first-order valence-corrected chi connectivity index (χ1v) is 12.7. The topological polar surface area (TPSA) is 57.9 Å². The zero-order chi connectivity index (χ0) is 24.2. The van der Waals surface area contributed by atoms with Crippen LogP contribution >= 0.6 is 24.0 Å². The molecule has 0 unspecified atom stereocenters. The molecule has 1 aliphatic rings. The number of anilines is 1. The van der Waals surface area contributed by atoms with Crippen LogP contribution in [0.4, 0.5) is 5.82 Å². The smallest absolute Gasteiger partial charge is 0.267 e. The maximum atomic E-state index is 13.5. The van der Waals surface area contributed by atoms with E-state index in [4.69, 9.17) is 17.2 Å². The van der Waals surface area contributed by atoms with Gasteiger partial charge in [0, 0.05) is 19.3 Å². The highest BCUT2D eigenvalue weighted by atomic mass is 32.2. The van der Waals surface area contributed by atoms with E-state index in [2.05, 4.69) is 18.7 Å². The number of pyridine rings is 1. The number of hydrogen-bond donors (Lipinski definition) is 0. The highest BCUT2D eigenvalue weighted by molar-refractivity contribution is 8.26. The molecule has 1 fully saturated rings. The first-order chi connectivity index (χ1) is 16.4. The van der Waals surface area contributed by atoms with E-state index >= 15 is 0 Å². The van der Waals surface area contributed by atoms with Gasteiger partial charge in [-0.05, 0) is 43.5 Å². The van der Waals surface area contributed by atoms with E-state index in [-0.39, 0.29) is 11.5 Å². The quantitative estimate of drug-likeness (QED) is 0.325. The van der Waals surface area contributed by atoms with Crippen LogP contribution in [0.5, 0.6) is 0 Å². The summed E-state index contributed by atoms with van der Waals surface area (Å²) in [5, 5.41) is 0. The van der Waals surface area contributed by atoms with Crippen molar-refractivity contribution in [3.05, 3.63) is 80.6 Å². The highest BCUT2D eigenvalue weighted by Gasteiger charge is 2.33. The molecule has 0 N–H and O–H groups in total. The van der Waals surface area contributed by atoms with Gasteiger partial charge < -0.3 is 4.90 Å². The summed E-state index contributed by atoms with van der Waals surface area (Å²) in [7, 11) is 0. The number of aryl methyl sites for hydroxylation is 1. The first-order valence-electron chi connectivity index (χ1n) is 11.5. The number of amides is 1. The monoisotopic (exact) mass is 492 g/mol. The third kappa shape index (κ3) is 4.93. The maximum Gasteiger partial charge on any atom is 0.267 e. The molecule has 3 aromatic rings. The van der Waals surface area contributed by atoms with Crippen molar-refractivity contribution >= 4 is 51.7 Å². The lowest BCUT2D eigenvalue weighted by atomic mass is 10.1. The van der Waals surface area contributed by atoms with Crippen LogP contribution < -0.4 is 10.5 Å². The third-order valence-corrected chi connectivity index (χ3v) is 7.02. The zero-order valence-corrected chi connectivity index (χ0v) is 21.3. The lowest BCUT2D eigenvalue weighted by Gasteiger charge is -2.24. The molecule has 176 valence electrons. The van der Waals surface area contributed by atoms with Crippen LogP contribution in [0, 0.1) is 6.92 Å². The summed E-state index contributed by atoms with van der Waals surface area (Å²) in [6.45, 7) is 8.19. The van der Waals surface area contributed by atoms with Gasteiger partial charge in [0.25, 0.3) is 11.5 Å². The summed E-state index contributed by atoms with van der Waals surface area (Å²) in [6.07, 6.45) is 5.23. The van der Waals surface area contributed by atoms with E-state index in [9.17, 15) is 9.59 Å². The van der Waals surface area contributed by atoms with Crippen LogP contribution in [-0.2, 0) is 11.3 Å². The first kappa shape index (κ1) is 24.2. The van der Waals surface area contributed by atoms with Gasteiger partial charge in [-0.25, -0.2) is 4.98 Å². The van der Waals surface area contributed by atoms with E-state index in [0.717, 1.165) is 37.1 Å². The Morgan fingerprint density at radius 3 is 2.44 bits per heavy atom. The van der Waals surface area contributed by atoms with E-state index in [1.54, 1.807) is 23.2 Å². The summed E-state index contributed by atoms with van der Waals surface area (Å²) in [6, 6.07) is 13.5. The fourth-order valence-corrected chi connectivity index (χ4v) is 5.20. The van der Waals surface area contributed by atoms with Crippen LogP contribution in [0.1, 0.15) is 43.4 Å². The van der Waals surface area contributed by atoms with Gasteiger partial charge in [0.15, 0.2) is 0 Å². The number of nitrogens with zero attached hydrogens (tertiary/aromatic N) is 4. The number of carbonyl (C=O) groups excluding carboxylic acids is 1. The molecule has 0 radical (unpaired) electrons. The molecule has 3 heterocycles. The molecule has 0 atom stereocenters. The Hall–Kier alpha value is -2.97. The Balaban J connectivity index is 1.77. The molecule has 6 nitrogen and oxygen atoms in total. The molecule has 1 saturated heterocycles. The van der Waals surface area contributed by atoms with Gasteiger partial charge in [-0.15, -0.1) is 0 Å². The van der Waals surface area contributed by atoms with Crippen molar-refractivity contribution in [2.75, 3.05) is 18.0 Å². The fraction of sp³-hybridized carbons (Fsp3) is 0.308. The second kappa shape index (κ2) is 10.5. The lowest BCUT2D eigenvalue weighted by Crippen LogP contribution is -2.31. The van der Waals surface area contributed by atoms with Gasteiger partial charge in [0.1, 0.15) is 15.8 Å². The lowest BCUT2D eigenvalue weighted by molar-refractivity contribution is -0.122. The summed E-state index contributed by atoms with van der Waals surface area (Å²) in [4.78, 5) is 35.8. The second-order valence-corrected chi connectivity index (χ2v) is 10.00. The van der Waals surface area contributed by atoms with Gasteiger partial charge in [0.05, 0.1) is 17.0 Å². The summed E-state index contributed by atoms with van der Waals surface area (Å²) in [5.74, 6) is 0.431. The van der Waals surface area contributed by atoms with Crippen LogP contribution in [0.3, 0.4) is 0 Å². The molecule has 8 heteroatoms. The van der Waals surface area contributed by atoms with Crippen molar-refractivity contribution in [3.8, 4) is 0 Å². The average molecular weight is 493 g/mol. The van der Waals surface area contributed by atoms with Crippen molar-refractivity contribution in [2.24, 2.45) is 0 Å². The minimum atomic E-state index is -0.193. The van der Waals surface area contributed by atoms with Crippen LogP contribution in [0.25, 0.3) is 11.7 Å². The summed E-state index contributed by atoms with van der Waals surface area (Å²) >= 11 is 6.77.